The smallest absolute Gasteiger partial charge is 0.180 e. The fourth-order valence-electron chi connectivity index (χ4n) is 5.66. The molecule has 0 unspecified atom stereocenters. The summed E-state index contributed by atoms with van der Waals surface area (Å²) < 4.78 is 14.9. The maximum atomic E-state index is 6.23. The van der Waals surface area contributed by atoms with Crippen molar-refractivity contribution in [1.29, 1.82) is 0 Å². The van der Waals surface area contributed by atoms with Gasteiger partial charge in [0, 0.05) is 49.0 Å². The van der Waals surface area contributed by atoms with Gasteiger partial charge in [-0.15, -0.1) is 11.3 Å². The Hall–Kier alpha value is -5.07. The van der Waals surface area contributed by atoms with Crippen LogP contribution in [0.5, 0.6) is 0 Å². The summed E-state index contributed by atoms with van der Waals surface area (Å²) in [4.78, 5) is 13.9. The number of furan rings is 2. The molecule has 0 saturated heterocycles. The SMILES string of the molecule is c1ccc2c(c1)oc1c(-c3ccc4oc5ccc(-c6nccc7c6sc6ccccc67)cc5c4c3)ncnc12. The molecule has 0 fully saturated rings. The molecule has 0 bridgehead atoms. The molecule has 5 aromatic heterocycles. The number of para-hydroxylation sites is 1. The van der Waals surface area contributed by atoms with Crippen LogP contribution in [-0.4, -0.2) is 15.0 Å². The number of rotatable bonds is 2. The molecule has 0 saturated carbocycles. The summed E-state index contributed by atoms with van der Waals surface area (Å²) in [6.45, 7) is 0. The average molecular weight is 520 g/mol. The first-order valence-electron chi connectivity index (χ1n) is 12.7. The van der Waals surface area contributed by atoms with Crippen molar-refractivity contribution in [3.63, 3.8) is 0 Å². The minimum Gasteiger partial charge on any atom is -0.456 e. The summed E-state index contributed by atoms with van der Waals surface area (Å²) in [6.07, 6.45) is 3.51. The van der Waals surface area contributed by atoms with Crippen molar-refractivity contribution >= 4 is 75.5 Å². The fraction of sp³-hybridized carbons (Fsp3) is 0. The molecule has 0 amide bonds. The largest absolute Gasteiger partial charge is 0.456 e. The first-order chi connectivity index (χ1) is 19.3. The van der Waals surface area contributed by atoms with Crippen LogP contribution < -0.4 is 0 Å². The zero-order valence-corrected chi connectivity index (χ0v) is 21.2. The number of fused-ring (bicyclic) bond motifs is 9. The van der Waals surface area contributed by atoms with Crippen molar-refractivity contribution in [2.75, 3.05) is 0 Å². The third kappa shape index (κ3) is 2.97. The molecule has 0 atom stereocenters. The standard InChI is InChI=1S/C33H17N3O2S/c1-3-7-25-22(6-1)31-32(38-25)29(35-17-36-31)18-9-11-26-23(15-18)24-16-19(10-12-27(24)37-26)30-33-21(13-14-34-30)20-5-2-4-8-28(20)39-33/h1-17H. The van der Waals surface area contributed by atoms with Gasteiger partial charge in [0.15, 0.2) is 5.58 Å². The second-order valence-electron chi connectivity index (χ2n) is 9.66. The molecule has 9 rings (SSSR count). The average Bonchev–Trinajstić information content (AvgIpc) is 3.67. The van der Waals surface area contributed by atoms with E-state index in [0.717, 1.165) is 60.9 Å². The molecule has 39 heavy (non-hydrogen) atoms. The number of aromatic nitrogens is 3. The Kier molecular flexibility index (Phi) is 4.14. The fourth-order valence-corrected chi connectivity index (χ4v) is 6.87. The van der Waals surface area contributed by atoms with Crippen LogP contribution in [0.4, 0.5) is 0 Å². The van der Waals surface area contributed by atoms with Crippen LogP contribution in [0.3, 0.4) is 0 Å². The molecule has 0 N–H and O–H groups in total. The summed E-state index contributed by atoms with van der Waals surface area (Å²) in [5.41, 5.74) is 7.74. The molecule has 0 aliphatic rings. The molecule has 9 aromatic rings. The molecule has 5 heterocycles. The third-order valence-corrected chi connectivity index (χ3v) is 8.66. The minimum absolute atomic E-state index is 0.687. The number of hydrogen-bond acceptors (Lipinski definition) is 6. The molecule has 6 heteroatoms. The van der Waals surface area contributed by atoms with Gasteiger partial charge in [-0.3, -0.25) is 4.98 Å². The predicted molar refractivity (Wildman–Crippen MR) is 158 cm³/mol. The quantitative estimate of drug-likeness (QED) is 0.228. The van der Waals surface area contributed by atoms with Gasteiger partial charge in [-0.2, -0.15) is 0 Å². The molecule has 0 aliphatic heterocycles. The molecular weight excluding hydrogens is 502 g/mol. The molecular formula is C33H17N3O2S. The van der Waals surface area contributed by atoms with Gasteiger partial charge in [0.1, 0.15) is 34.3 Å². The van der Waals surface area contributed by atoms with E-state index in [4.69, 9.17) is 13.8 Å². The van der Waals surface area contributed by atoms with E-state index >= 15 is 0 Å². The topological polar surface area (TPSA) is 65.0 Å². The van der Waals surface area contributed by atoms with Gasteiger partial charge in [-0.1, -0.05) is 30.3 Å². The summed E-state index contributed by atoms with van der Waals surface area (Å²) in [7, 11) is 0. The zero-order chi connectivity index (χ0) is 25.5. The van der Waals surface area contributed by atoms with Crippen LogP contribution in [0.15, 0.2) is 112 Å². The van der Waals surface area contributed by atoms with Gasteiger partial charge >= 0.3 is 0 Å². The van der Waals surface area contributed by atoms with Crippen LogP contribution >= 0.6 is 11.3 Å². The Bertz CT molecular complexity index is 2250. The van der Waals surface area contributed by atoms with E-state index in [2.05, 4.69) is 58.5 Å². The number of pyridine rings is 1. The van der Waals surface area contributed by atoms with E-state index in [9.17, 15) is 0 Å². The van der Waals surface area contributed by atoms with E-state index < -0.39 is 0 Å². The lowest BCUT2D eigenvalue weighted by Gasteiger charge is -2.03. The first-order valence-corrected chi connectivity index (χ1v) is 13.5. The van der Waals surface area contributed by atoms with Crippen molar-refractivity contribution in [2.45, 2.75) is 0 Å². The molecule has 4 aromatic carbocycles. The molecule has 0 spiro atoms. The van der Waals surface area contributed by atoms with Crippen LogP contribution in [0.1, 0.15) is 0 Å². The molecule has 0 aliphatic carbocycles. The van der Waals surface area contributed by atoms with E-state index in [1.54, 1.807) is 17.7 Å². The van der Waals surface area contributed by atoms with Crippen molar-refractivity contribution in [2.24, 2.45) is 0 Å². The number of nitrogens with zero attached hydrogens (tertiary/aromatic N) is 3. The maximum Gasteiger partial charge on any atom is 0.180 e. The van der Waals surface area contributed by atoms with Crippen molar-refractivity contribution in [3.05, 3.63) is 104 Å². The van der Waals surface area contributed by atoms with Gasteiger partial charge in [0.25, 0.3) is 0 Å². The lowest BCUT2D eigenvalue weighted by atomic mass is 10.0. The zero-order valence-electron chi connectivity index (χ0n) is 20.4. The van der Waals surface area contributed by atoms with Gasteiger partial charge in [-0.25, -0.2) is 9.97 Å². The van der Waals surface area contributed by atoms with Crippen LogP contribution in [-0.2, 0) is 0 Å². The monoisotopic (exact) mass is 519 g/mol. The van der Waals surface area contributed by atoms with Crippen LogP contribution in [0.2, 0.25) is 0 Å². The highest BCUT2D eigenvalue weighted by atomic mass is 32.1. The van der Waals surface area contributed by atoms with Crippen LogP contribution in [0.25, 0.3) is 86.7 Å². The minimum atomic E-state index is 0.687. The number of hydrogen-bond donors (Lipinski definition) is 0. The second kappa shape index (κ2) is 7.72. The maximum absolute atomic E-state index is 6.23. The Balaban J connectivity index is 1.26. The van der Waals surface area contributed by atoms with Crippen molar-refractivity contribution in [3.8, 4) is 22.5 Å². The number of benzene rings is 4. The van der Waals surface area contributed by atoms with Gasteiger partial charge in [-0.05, 0) is 60.7 Å². The predicted octanol–water partition coefficient (Wildman–Crippen LogP) is 9.37. The van der Waals surface area contributed by atoms with Crippen molar-refractivity contribution in [1.82, 2.24) is 15.0 Å². The Labute approximate surface area is 225 Å². The van der Waals surface area contributed by atoms with Gasteiger partial charge < -0.3 is 8.83 Å². The van der Waals surface area contributed by atoms with Crippen molar-refractivity contribution < 1.29 is 8.83 Å². The molecule has 5 nitrogen and oxygen atoms in total. The third-order valence-electron chi connectivity index (χ3n) is 7.47. The normalized spacial score (nSPS) is 12.1. The Morgan fingerprint density at radius 1 is 0.538 bits per heavy atom. The van der Waals surface area contributed by atoms with E-state index in [-0.39, 0.29) is 0 Å². The Morgan fingerprint density at radius 3 is 2.10 bits per heavy atom. The first kappa shape index (κ1) is 20.9. The van der Waals surface area contributed by atoms with E-state index in [1.807, 2.05) is 48.7 Å². The summed E-state index contributed by atoms with van der Waals surface area (Å²) >= 11 is 1.79. The number of thiophene rings is 1. The van der Waals surface area contributed by atoms with Gasteiger partial charge in [0.05, 0.1) is 10.4 Å². The lowest BCUT2D eigenvalue weighted by Crippen LogP contribution is -1.86. The summed E-state index contributed by atoms with van der Waals surface area (Å²) in [6, 6.07) is 31.1. The van der Waals surface area contributed by atoms with Gasteiger partial charge in [0.2, 0.25) is 0 Å². The molecule has 182 valence electrons. The van der Waals surface area contributed by atoms with Crippen LogP contribution in [0, 0.1) is 0 Å². The highest BCUT2D eigenvalue weighted by molar-refractivity contribution is 7.26. The Morgan fingerprint density at radius 2 is 1.26 bits per heavy atom. The summed E-state index contributed by atoms with van der Waals surface area (Å²) in [5.74, 6) is 0. The van der Waals surface area contributed by atoms with E-state index in [1.165, 1.54) is 20.2 Å². The second-order valence-corrected chi connectivity index (χ2v) is 10.7. The highest BCUT2D eigenvalue weighted by Crippen LogP contribution is 2.41. The van der Waals surface area contributed by atoms with E-state index in [0.29, 0.717) is 5.58 Å². The highest BCUT2D eigenvalue weighted by Gasteiger charge is 2.17. The molecule has 0 radical (unpaired) electrons. The lowest BCUT2D eigenvalue weighted by molar-refractivity contribution is 0.666. The summed E-state index contributed by atoms with van der Waals surface area (Å²) in [5, 5.41) is 5.55.